The van der Waals surface area contributed by atoms with Crippen LogP contribution in [0.3, 0.4) is 0 Å². The first kappa shape index (κ1) is 42.3. The lowest BCUT2D eigenvalue weighted by Gasteiger charge is -2.38. The highest BCUT2D eigenvalue weighted by Gasteiger charge is 2.56. The predicted octanol–water partition coefficient (Wildman–Crippen LogP) is 16.7. The number of fused-ring (bicyclic) bond motifs is 9. The van der Waals surface area contributed by atoms with Crippen LogP contribution in [-0.4, -0.2) is 0 Å². The van der Waals surface area contributed by atoms with Crippen molar-refractivity contribution in [2.45, 2.75) is 84.5 Å². The Labute approximate surface area is 372 Å². The number of allylic oxidation sites excluding steroid dienone is 15. The molecule has 5 aromatic carbocycles. The largest absolute Gasteiger partial charge is 0.120 e. The Bertz CT molecular complexity index is 2800. The zero-order valence-electron chi connectivity index (χ0n) is 37.6. The van der Waals surface area contributed by atoms with Gasteiger partial charge in [-0.25, -0.2) is 0 Å². The van der Waals surface area contributed by atoms with Gasteiger partial charge in [0.25, 0.3) is 0 Å². The number of hydrogen-bond acceptors (Lipinski definition) is 0. The molecule has 1 spiro atoms. The highest BCUT2D eigenvalue weighted by atomic mass is 14.6. The van der Waals surface area contributed by atoms with Crippen molar-refractivity contribution in [1.29, 1.82) is 0 Å². The Morgan fingerprint density at radius 2 is 1.47 bits per heavy atom. The van der Waals surface area contributed by atoms with Crippen LogP contribution in [0.2, 0.25) is 0 Å². The molecule has 5 aromatic rings. The van der Waals surface area contributed by atoms with E-state index in [2.05, 4.69) is 190 Å². The molecule has 0 heterocycles. The molecule has 3 atom stereocenters. The zero-order valence-corrected chi connectivity index (χ0v) is 37.6. The normalized spacial score (nSPS) is 21.2. The van der Waals surface area contributed by atoms with Gasteiger partial charge in [0.1, 0.15) is 0 Å². The molecule has 0 fully saturated rings. The van der Waals surface area contributed by atoms with Crippen molar-refractivity contribution in [3.05, 3.63) is 232 Å². The van der Waals surface area contributed by atoms with Gasteiger partial charge in [-0.15, -0.1) is 12.3 Å². The van der Waals surface area contributed by atoms with Crippen LogP contribution < -0.4 is 0 Å². The molecular weight excluding hydrogens is 745 g/mol. The van der Waals surface area contributed by atoms with Gasteiger partial charge in [-0.2, -0.15) is 0 Å². The number of terminal acetylenes is 1. The smallest absolute Gasteiger partial charge is 0.0673 e. The predicted molar refractivity (Wildman–Crippen MR) is 268 cm³/mol. The molecule has 3 unspecified atom stereocenters. The van der Waals surface area contributed by atoms with E-state index < -0.39 is 0 Å². The molecular formula is C62H60. The van der Waals surface area contributed by atoms with Crippen molar-refractivity contribution >= 4 is 5.57 Å². The Kier molecular flexibility index (Phi) is 12.2. The van der Waals surface area contributed by atoms with E-state index in [4.69, 9.17) is 6.42 Å². The quantitative estimate of drug-likeness (QED) is 0.108. The van der Waals surface area contributed by atoms with Gasteiger partial charge in [-0.3, -0.25) is 0 Å². The molecule has 0 nitrogen and oxygen atoms in total. The fourth-order valence-electron chi connectivity index (χ4n) is 11.6. The Morgan fingerprint density at radius 3 is 2.23 bits per heavy atom. The average Bonchev–Trinajstić information content (AvgIpc) is 3.91. The van der Waals surface area contributed by atoms with Gasteiger partial charge < -0.3 is 0 Å². The second-order valence-electron chi connectivity index (χ2n) is 16.4. The summed E-state index contributed by atoms with van der Waals surface area (Å²) in [7, 11) is 0. The van der Waals surface area contributed by atoms with Crippen LogP contribution in [0.4, 0.5) is 0 Å². The van der Waals surface area contributed by atoms with E-state index in [0.29, 0.717) is 5.92 Å². The average molecular weight is 805 g/mol. The maximum absolute atomic E-state index is 5.96. The van der Waals surface area contributed by atoms with E-state index in [9.17, 15) is 0 Å². The molecule has 0 amide bonds. The molecule has 0 saturated heterocycles. The Morgan fingerprint density at radius 1 is 0.758 bits per heavy atom. The van der Waals surface area contributed by atoms with E-state index in [1.54, 1.807) is 0 Å². The van der Waals surface area contributed by atoms with Gasteiger partial charge in [-0.1, -0.05) is 192 Å². The molecule has 0 aromatic heterocycles. The molecule has 62 heavy (non-hydrogen) atoms. The lowest BCUT2D eigenvalue weighted by atomic mass is 9.63. The monoisotopic (exact) mass is 804 g/mol. The zero-order chi connectivity index (χ0) is 43.4. The van der Waals surface area contributed by atoms with Crippen LogP contribution in [0.5, 0.6) is 0 Å². The molecule has 5 aliphatic carbocycles. The fourth-order valence-corrected chi connectivity index (χ4v) is 11.6. The van der Waals surface area contributed by atoms with Gasteiger partial charge >= 0.3 is 0 Å². The maximum atomic E-state index is 5.96. The topological polar surface area (TPSA) is 0 Å². The molecule has 5 aliphatic rings. The lowest BCUT2D eigenvalue weighted by Crippen LogP contribution is -2.34. The maximum Gasteiger partial charge on any atom is 0.0673 e. The third-order valence-corrected chi connectivity index (χ3v) is 13.9. The summed E-state index contributed by atoms with van der Waals surface area (Å²) >= 11 is 0. The number of rotatable bonds is 8. The van der Waals surface area contributed by atoms with Crippen LogP contribution in [-0.2, 0) is 10.8 Å². The SMILES string of the molecule is C#CCCC1=C(C)C2=CC=CCC2C12c1ccccc1-c1ccc(-c3cccc(-c4ccc5c(c4)C4=C(CCC=C4)C5(C(/C=C\C=C)=C/C)c4ccccc4)c3)cc12.CC.CC. The molecule has 0 heteroatoms. The summed E-state index contributed by atoms with van der Waals surface area (Å²) in [5, 5.41) is 0. The summed E-state index contributed by atoms with van der Waals surface area (Å²) < 4.78 is 0. The first-order valence-corrected chi connectivity index (χ1v) is 23.0. The molecule has 0 aliphatic heterocycles. The summed E-state index contributed by atoms with van der Waals surface area (Å²) in [5.74, 6) is 3.34. The first-order valence-electron chi connectivity index (χ1n) is 23.0. The van der Waals surface area contributed by atoms with Crippen molar-refractivity contribution in [2.24, 2.45) is 5.92 Å². The second kappa shape index (κ2) is 17.9. The molecule has 10 rings (SSSR count). The standard InChI is InChI=1S/C58H48.2C2H6/c1-5-8-22-44(7-3)57(45-23-11-10-12-24-45)53-30-17-15-27-48(53)50-37-42(33-35-55(50)57)40-20-19-21-41(36-40)43-32-34-49-47-26-14-18-31-54(47)58(56(49)38-43)51(28-9-6-2)39(4)46-25-13-16-29-52(46)58;2*1-2/h2,5,7-8,10-16,18-27,31-38,52H,1,9,17,28-30H2,3-4H3;2*1-2H3/b22-8-,44-7+;;. The van der Waals surface area contributed by atoms with Gasteiger partial charge in [0.15, 0.2) is 0 Å². The molecule has 0 saturated carbocycles. The minimum Gasteiger partial charge on any atom is -0.120 e. The Balaban J connectivity index is 0.00000129. The summed E-state index contributed by atoms with van der Waals surface area (Å²) in [6, 6.07) is 43.9. The molecule has 308 valence electrons. The summed E-state index contributed by atoms with van der Waals surface area (Å²) in [6.45, 7) is 16.5. The van der Waals surface area contributed by atoms with E-state index in [1.807, 2.05) is 33.8 Å². The Hall–Kier alpha value is -6.42. The van der Waals surface area contributed by atoms with Gasteiger partial charge in [0.2, 0.25) is 0 Å². The van der Waals surface area contributed by atoms with E-state index in [1.165, 1.54) is 94.6 Å². The van der Waals surface area contributed by atoms with Crippen LogP contribution in [0, 0.1) is 18.3 Å². The van der Waals surface area contributed by atoms with Crippen molar-refractivity contribution in [3.63, 3.8) is 0 Å². The van der Waals surface area contributed by atoms with Crippen molar-refractivity contribution in [1.82, 2.24) is 0 Å². The van der Waals surface area contributed by atoms with Gasteiger partial charge in [0.05, 0.1) is 10.8 Å². The van der Waals surface area contributed by atoms with Crippen molar-refractivity contribution in [2.75, 3.05) is 0 Å². The summed E-state index contributed by atoms with van der Waals surface area (Å²) in [5.41, 5.74) is 22.5. The molecule has 0 N–H and O–H groups in total. The number of benzene rings is 5. The molecule has 0 radical (unpaired) electrons. The summed E-state index contributed by atoms with van der Waals surface area (Å²) in [6.07, 6.45) is 30.9. The van der Waals surface area contributed by atoms with Crippen molar-refractivity contribution < 1.29 is 0 Å². The number of hydrogen-bond donors (Lipinski definition) is 0. The minimum atomic E-state index is -0.363. The highest BCUT2D eigenvalue weighted by molar-refractivity contribution is 5.93. The van der Waals surface area contributed by atoms with E-state index >= 15 is 0 Å². The van der Waals surface area contributed by atoms with E-state index in [-0.39, 0.29) is 10.8 Å². The first-order chi connectivity index (χ1) is 30.6. The third kappa shape index (κ3) is 6.36. The van der Waals surface area contributed by atoms with Gasteiger partial charge in [-0.05, 0) is 147 Å². The fraction of sp³-hybridized carbons (Fsp3) is 0.226. The summed E-state index contributed by atoms with van der Waals surface area (Å²) in [4.78, 5) is 0. The van der Waals surface area contributed by atoms with E-state index in [0.717, 1.165) is 32.1 Å². The van der Waals surface area contributed by atoms with Crippen LogP contribution in [0.25, 0.3) is 39.0 Å². The second-order valence-corrected chi connectivity index (χ2v) is 16.4. The third-order valence-electron chi connectivity index (χ3n) is 13.9. The van der Waals surface area contributed by atoms with Crippen LogP contribution >= 0.6 is 0 Å². The van der Waals surface area contributed by atoms with Crippen LogP contribution in [0.1, 0.15) is 101 Å². The van der Waals surface area contributed by atoms with Gasteiger partial charge in [0, 0.05) is 12.3 Å². The lowest BCUT2D eigenvalue weighted by molar-refractivity contribution is 0.448. The van der Waals surface area contributed by atoms with Crippen LogP contribution in [0.15, 0.2) is 204 Å². The highest BCUT2D eigenvalue weighted by Crippen LogP contribution is 2.65. The minimum absolute atomic E-state index is 0.228. The molecule has 0 bridgehead atoms. The van der Waals surface area contributed by atoms with Crippen molar-refractivity contribution in [3.8, 4) is 45.7 Å².